The van der Waals surface area contributed by atoms with E-state index in [4.69, 9.17) is 0 Å². The van der Waals surface area contributed by atoms with Crippen molar-refractivity contribution in [1.82, 2.24) is 20.2 Å². The number of tetrazole rings is 1. The number of aromatic nitrogens is 4. The van der Waals surface area contributed by atoms with Crippen LogP contribution in [0.4, 0.5) is 8.78 Å². The van der Waals surface area contributed by atoms with Crippen LogP contribution in [0.25, 0.3) is 11.1 Å². The zero-order chi connectivity index (χ0) is 21.5. The monoisotopic (exact) mass is 406 g/mol. The third kappa shape index (κ3) is 4.81. The van der Waals surface area contributed by atoms with Gasteiger partial charge in [-0.2, -0.15) is 0 Å². The van der Waals surface area contributed by atoms with Crippen LogP contribution >= 0.6 is 0 Å². The highest BCUT2D eigenvalue weighted by molar-refractivity contribution is 6.01. The van der Waals surface area contributed by atoms with Gasteiger partial charge >= 0.3 is 0 Å². The quantitative estimate of drug-likeness (QED) is 0.321. The first-order valence-electron chi connectivity index (χ1n) is 9.34. The van der Waals surface area contributed by atoms with Crippen molar-refractivity contribution >= 4 is 17.4 Å². The molecule has 0 radical (unpaired) electrons. The number of hydrogen-bond donors (Lipinski definition) is 0. The van der Waals surface area contributed by atoms with E-state index >= 15 is 0 Å². The maximum atomic E-state index is 13.6. The fraction of sp³-hybridized carbons (Fsp3) is 0.130. The van der Waals surface area contributed by atoms with Gasteiger partial charge in [0.25, 0.3) is 0 Å². The molecule has 30 heavy (non-hydrogen) atoms. The van der Waals surface area contributed by atoms with E-state index in [-0.39, 0.29) is 17.7 Å². The number of allylic oxidation sites excluding steroid dienone is 5. The van der Waals surface area contributed by atoms with E-state index in [1.54, 1.807) is 47.2 Å². The van der Waals surface area contributed by atoms with E-state index in [0.717, 1.165) is 0 Å². The summed E-state index contributed by atoms with van der Waals surface area (Å²) >= 11 is 0. The van der Waals surface area contributed by atoms with Crippen LogP contribution in [0, 0.1) is 11.6 Å². The zero-order valence-corrected chi connectivity index (χ0v) is 16.5. The van der Waals surface area contributed by atoms with Crippen LogP contribution in [0.15, 0.2) is 72.8 Å². The first-order valence-corrected chi connectivity index (χ1v) is 9.34. The SMILES string of the molecule is CC(C)n1nnnc1C(/C=C/C=C/C=O)=C(c1ccc(F)cc1)c1ccc(F)cc1. The summed E-state index contributed by atoms with van der Waals surface area (Å²) < 4.78 is 28.8. The Balaban J connectivity index is 2.34. The minimum absolute atomic E-state index is 0.0217. The summed E-state index contributed by atoms with van der Waals surface area (Å²) in [5.74, 6) is -0.241. The normalized spacial score (nSPS) is 11.5. The molecule has 1 heterocycles. The molecule has 0 N–H and O–H groups in total. The van der Waals surface area contributed by atoms with Crippen molar-refractivity contribution in [2.45, 2.75) is 19.9 Å². The van der Waals surface area contributed by atoms with Crippen molar-refractivity contribution in [1.29, 1.82) is 0 Å². The molecule has 1 aromatic heterocycles. The minimum Gasteiger partial charge on any atom is -0.299 e. The fourth-order valence-corrected chi connectivity index (χ4v) is 2.96. The van der Waals surface area contributed by atoms with Gasteiger partial charge in [0, 0.05) is 5.57 Å². The fourth-order valence-electron chi connectivity index (χ4n) is 2.96. The van der Waals surface area contributed by atoms with E-state index in [0.29, 0.717) is 34.4 Å². The second kappa shape index (κ2) is 9.65. The molecule has 0 aliphatic rings. The molecule has 0 saturated carbocycles. The van der Waals surface area contributed by atoms with Crippen LogP contribution in [-0.2, 0) is 4.79 Å². The average molecular weight is 406 g/mol. The molecule has 7 heteroatoms. The lowest BCUT2D eigenvalue weighted by molar-refractivity contribution is -0.104. The van der Waals surface area contributed by atoms with Crippen molar-refractivity contribution < 1.29 is 13.6 Å². The Kier molecular flexibility index (Phi) is 6.75. The van der Waals surface area contributed by atoms with Crippen molar-refractivity contribution in [3.63, 3.8) is 0 Å². The van der Waals surface area contributed by atoms with E-state index in [1.165, 1.54) is 30.3 Å². The number of aldehydes is 1. The molecule has 152 valence electrons. The summed E-state index contributed by atoms with van der Waals surface area (Å²) in [6.45, 7) is 3.89. The Bertz CT molecular complexity index is 1050. The van der Waals surface area contributed by atoms with Crippen molar-refractivity contribution in [2.24, 2.45) is 0 Å². The molecule has 0 saturated heterocycles. The van der Waals surface area contributed by atoms with Crippen LogP contribution in [0.5, 0.6) is 0 Å². The van der Waals surface area contributed by atoms with Gasteiger partial charge in [-0.3, -0.25) is 4.79 Å². The van der Waals surface area contributed by atoms with Crippen molar-refractivity contribution in [3.8, 4) is 0 Å². The molecule has 2 aromatic carbocycles. The van der Waals surface area contributed by atoms with Gasteiger partial charge in [-0.25, -0.2) is 13.5 Å². The van der Waals surface area contributed by atoms with Crippen LogP contribution < -0.4 is 0 Å². The minimum atomic E-state index is -0.366. The molecule has 0 atom stereocenters. The summed E-state index contributed by atoms with van der Waals surface area (Å²) in [6, 6.07) is 12.0. The molecule has 0 aliphatic heterocycles. The Morgan fingerprint density at radius 3 is 1.97 bits per heavy atom. The molecule has 0 fully saturated rings. The number of carbonyl (C=O) groups excluding carboxylic acids is 1. The highest BCUT2D eigenvalue weighted by Gasteiger charge is 2.19. The largest absolute Gasteiger partial charge is 0.299 e. The summed E-state index contributed by atoms with van der Waals surface area (Å²) in [7, 11) is 0. The molecule has 0 aliphatic carbocycles. The number of nitrogens with zero attached hydrogens (tertiary/aromatic N) is 4. The van der Waals surface area contributed by atoms with Crippen LogP contribution in [-0.4, -0.2) is 26.5 Å². The Hall–Kier alpha value is -3.74. The molecule has 0 bridgehead atoms. The van der Waals surface area contributed by atoms with Crippen LogP contribution in [0.2, 0.25) is 0 Å². The van der Waals surface area contributed by atoms with Gasteiger partial charge < -0.3 is 0 Å². The van der Waals surface area contributed by atoms with Crippen molar-refractivity contribution in [3.05, 3.63) is 101 Å². The molecule has 0 unspecified atom stereocenters. The topological polar surface area (TPSA) is 60.7 Å². The first kappa shape index (κ1) is 21.0. The molecule has 0 spiro atoms. The number of carbonyl (C=O) groups is 1. The zero-order valence-electron chi connectivity index (χ0n) is 16.5. The lowest BCUT2D eigenvalue weighted by Gasteiger charge is -2.15. The first-order chi connectivity index (χ1) is 14.5. The smallest absolute Gasteiger partial charge is 0.182 e. The molecular weight excluding hydrogens is 386 g/mol. The number of benzene rings is 2. The van der Waals surface area contributed by atoms with E-state index < -0.39 is 0 Å². The predicted molar refractivity (Wildman–Crippen MR) is 111 cm³/mol. The maximum Gasteiger partial charge on any atom is 0.182 e. The molecule has 3 rings (SSSR count). The second-order valence-electron chi connectivity index (χ2n) is 6.72. The number of hydrogen-bond acceptors (Lipinski definition) is 4. The summed E-state index contributed by atoms with van der Waals surface area (Å²) in [5, 5.41) is 12.1. The predicted octanol–water partition coefficient (Wildman–Crippen LogP) is 4.80. The van der Waals surface area contributed by atoms with Gasteiger partial charge in [0.1, 0.15) is 17.9 Å². The van der Waals surface area contributed by atoms with Gasteiger partial charge in [0.05, 0.1) is 6.04 Å². The van der Waals surface area contributed by atoms with Gasteiger partial charge in [-0.05, 0) is 71.3 Å². The summed E-state index contributed by atoms with van der Waals surface area (Å²) in [5.41, 5.74) is 2.76. The van der Waals surface area contributed by atoms with E-state index in [2.05, 4.69) is 15.5 Å². The van der Waals surface area contributed by atoms with Crippen LogP contribution in [0.1, 0.15) is 36.8 Å². The van der Waals surface area contributed by atoms with Crippen molar-refractivity contribution in [2.75, 3.05) is 0 Å². The molecule has 5 nitrogen and oxygen atoms in total. The Morgan fingerprint density at radius 1 is 0.900 bits per heavy atom. The van der Waals surface area contributed by atoms with E-state index in [1.807, 2.05) is 13.8 Å². The lowest BCUT2D eigenvalue weighted by atomic mass is 9.92. The van der Waals surface area contributed by atoms with Crippen LogP contribution in [0.3, 0.4) is 0 Å². The highest BCUT2D eigenvalue weighted by atomic mass is 19.1. The Labute approximate surface area is 173 Å². The lowest BCUT2D eigenvalue weighted by Crippen LogP contribution is -2.08. The second-order valence-corrected chi connectivity index (χ2v) is 6.72. The summed E-state index contributed by atoms with van der Waals surface area (Å²) in [4.78, 5) is 10.6. The van der Waals surface area contributed by atoms with Gasteiger partial charge in [0.15, 0.2) is 5.82 Å². The van der Waals surface area contributed by atoms with Gasteiger partial charge in [-0.1, -0.05) is 42.5 Å². The summed E-state index contributed by atoms with van der Waals surface area (Å²) in [6.07, 6.45) is 7.08. The molecular formula is C23H20F2N4O. The van der Waals surface area contributed by atoms with Gasteiger partial charge in [-0.15, -0.1) is 5.10 Å². The number of rotatable bonds is 7. The molecule has 3 aromatic rings. The third-order valence-corrected chi connectivity index (χ3v) is 4.32. The third-order valence-electron chi connectivity index (χ3n) is 4.32. The number of halogens is 2. The van der Waals surface area contributed by atoms with E-state index in [9.17, 15) is 13.6 Å². The molecule has 0 amide bonds. The average Bonchev–Trinajstić information content (AvgIpc) is 3.22. The maximum absolute atomic E-state index is 13.6. The Morgan fingerprint density at radius 2 is 1.47 bits per heavy atom. The van der Waals surface area contributed by atoms with Gasteiger partial charge in [0.2, 0.25) is 0 Å². The standard InChI is InChI=1S/C23H20F2N4O/c1-16(2)29-23(26-27-28-29)21(6-4-3-5-15-30)22(17-7-11-19(24)12-8-17)18-9-13-20(25)14-10-18/h3-16H,1-2H3/b5-3+,6-4+. The highest BCUT2D eigenvalue weighted by Crippen LogP contribution is 2.33.